The number of aliphatic hydroxyl groups excluding tert-OH is 1. The zero-order valence-corrected chi connectivity index (χ0v) is 9.80. The van der Waals surface area contributed by atoms with Crippen molar-refractivity contribution in [2.45, 2.75) is 52.6 Å². The second-order valence-electron chi connectivity index (χ2n) is 5.74. The molecule has 1 aliphatic carbocycles. The van der Waals surface area contributed by atoms with Crippen molar-refractivity contribution < 1.29 is 5.11 Å². The quantitative estimate of drug-likeness (QED) is 0.740. The van der Waals surface area contributed by atoms with Crippen LogP contribution < -0.4 is 0 Å². The van der Waals surface area contributed by atoms with Gasteiger partial charge in [-0.1, -0.05) is 20.8 Å². The highest BCUT2D eigenvalue weighted by atomic mass is 16.3. The van der Waals surface area contributed by atoms with E-state index in [-0.39, 0.29) is 11.5 Å². The molecular weight excluding hydrogens is 188 g/mol. The standard InChI is InChI=1S/C12H20N2O/c1-12(2,3)7-11-13-9-5-4-8(15)6-10(9)14-11/h8,15H,4-7H2,1-3H3,(H,13,14). The summed E-state index contributed by atoms with van der Waals surface area (Å²) in [7, 11) is 0. The van der Waals surface area contributed by atoms with Crippen molar-refractivity contribution in [1.82, 2.24) is 9.97 Å². The van der Waals surface area contributed by atoms with Crippen LogP contribution in [0.2, 0.25) is 0 Å². The number of aromatic amines is 1. The number of aryl methyl sites for hydroxylation is 1. The molecule has 84 valence electrons. The molecule has 0 bridgehead atoms. The number of imidazole rings is 1. The van der Waals surface area contributed by atoms with E-state index in [4.69, 9.17) is 0 Å². The molecule has 1 heterocycles. The maximum absolute atomic E-state index is 9.55. The smallest absolute Gasteiger partial charge is 0.107 e. The van der Waals surface area contributed by atoms with Crippen molar-refractivity contribution in [2.75, 3.05) is 0 Å². The highest BCUT2D eigenvalue weighted by Gasteiger charge is 2.22. The maximum atomic E-state index is 9.55. The van der Waals surface area contributed by atoms with Crippen molar-refractivity contribution >= 4 is 0 Å². The van der Waals surface area contributed by atoms with Crippen LogP contribution in [-0.4, -0.2) is 21.2 Å². The van der Waals surface area contributed by atoms with Crippen LogP contribution in [0.15, 0.2) is 0 Å². The van der Waals surface area contributed by atoms with Crippen LogP contribution in [-0.2, 0) is 19.3 Å². The number of rotatable bonds is 1. The van der Waals surface area contributed by atoms with Gasteiger partial charge < -0.3 is 10.1 Å². The average molecular weight is 208 g/mol. The summed E-state index contributed by atoms with van der Waals surface area (Å²) >= 11 is 0. The fourth-order valence-electron chi connectivity index (χ4n) is 2.11. The zero-order chi connectivity index (χ0) is 11.1. The van der Waals surface area contributed by atoms with E-state index >= 15 is 0 Å². The summed E-state index contributed by atoms with van der Waals surface area (Å²) in [6, 6.07) is 0. The minimum absolute atomic E-state index is 0.180. The molecule has 0 saturated carbocycles. The highest BCUT2D eigenvalue weighted by molar-refractivity contribution is 5.19. The van der Waals surface area contributed by atoms with Gasteiger partial charge in [-0.2, -0.15) is 0 Å². The molecule has 0 aromatic carbocycles. The van der Waals surface area contributed by atoms with E-state index in [0.717, 1.165) is 37.2 Å². The molecule has 1 atom stereocenters. The van der Waals surface area contributed by atoms with Crippen molar-refractivity contribution in [1.29, 1.82) is 0 Å². The van der Waals surface area contributed by atoms with E-state index in [1.54, 1.807) is 0 Å². The van der Waals surface area contributed by atoms with E-state index in [0.29, 0.717) is 0 Å². The Morgan fingerprint density at radius 2 is 2.20 bits per heavy atom. The lowest BCUT2D eigenvalue weighted by Crippen LogP contribution is -2.18. The normalized spacial score (nSPS) is 21.5. The number of nitrogens with one attached hydrogen (secondary N) is 1. The number of nitrogens with zero attached hydrogens (tertiary/aromatic N) is 1. The first kappa shape index (κ1) is 10.7. The van der Waals surface area contributed by atoms with Crippen LogP contribution in [0.5, 0.6) is 0 Å². The minimum Gasteiger partial charge on any atom is -0.393 e. The molecule has 1 unspecified atom stereocenters. The fraction of sp³-hybridized carbons (Fsp3) is 0.750. The van der Waals surface area contributed by atoms with E-state index < -0.39 is 0 Å². The SMILES string of the molecule is CC(C)(C)Cc1nc2c([nH]1)CC(O)CC2. The highest BCUT2D eigenvalue weighted by Crippen LogP contribution is 2.23. The van der Waals surface area contributed by atoms with Gasteiger partial charge in [0.2, 0.25) is 0 Å². The van der Waals surface area contributed by atoms with Crippen LogP contribution >= 0.6 is 0 Å². The fourth-order valence-corrected chi connectivity index (χ4v) is 2.11. The first-order valence-electron chi connectivity index (χ1n) is 5.69. The van der Waals surface area contributed by atoms with Crippen LogP contribution in [0.3, 0.4) is 0 Å². The molecular formula is C12H20N2O. The third-order valence-electron chi connectivity index (χ3n) is 2.77. The minimum atomic E-state index is -0.180. The monoisotopic (exact) mass is 208 g/mol. The predicted octanol–water partition coefficient (Wildman–Crippen LogP) is 1.85. The topological polar surface area (TPSA) is 48.9 Å². The first-order valence-corrected chi connectivity index (χ1v) is 5.69. The third-order valence-corrected chi connectivity index (χ3v) is 2.77. The Morgan fingerprint density at radius 1 is 1.47 bits per heavy atom. The Morgan fingerprint density at radius 3 is 2.87 bits per heavy atom. The number of hydrogen-bond acceptors (Lipinski definition) is 2. The van der Waals surface area contributed by atoms with Gasteiger partial charge in [-0.25, -0.2) is 4.98 Å². The lowest BCUT2D eigenvalue weighted by Gasteiger charge is -2.15. The van der Waals surface area contributed by atoms with E-state index in [9.17, 15) is 5.11 Å². The van der Waals surface area contributed by atoms with E-state index in [1.807, 2.05) is 0 Å². The van der Waals surface area contributed by atoms with Gasteiger partial charge in [0.05, 0.1) is 11.8 Å². The molecule has 1 aromatic rings. The lowest BCUT2D eigenvalue weighted by atomic mass is 9.92. The van der Waals surface area contributed by atoms with Crippen LogP contribution in [0.1, 0.15) is 44.4 Å². The largest absolute Gasteiger partial charge is 0.393 e. The molecule has 0 aliphatic heterocycles. The van der Waals surface area contributed by atoms with Gasteiger partial charge in [0, 0.05) is 18.5 Å². The summed E-state index contributed by atoms with van der Waals surface area (Å²) in [4.78, 5) is 7.95. The Bertz CT molecular complexity index is 349. The Labute approximate surface area is 90.9 Å². The number of fused-ring (bicyclic) bond motifs is 1. The molecule has 0 saturated heterocycles. The van der Waals surface area contributed by atoms with E-state index in [2.05, 4.69) is 30.7 Å². The van der Waals surface area contributed by atoms with Crippen LogP contribution in [0.25, 0.3) is 0 Å². The first-order chi connectivity index (χ1) is 6.94. The molecule has 3 nitrogen and oxygen atoms in total. The van der Waals surface area contributed by atoms with Gasteiger partial charge in [-0.15, -0.1) is 0 Å². The Balaban J connectivity index is 2.16. The Hall–Kier alpha value is -0.830. The summed E-state index contributed by atoms with van der Waals surface area (Å²) in [6.45, 7) is 6.63. The maximum Gasteiger partial charge on any atom is 0.107 e. The van der Waals surface area contributed by atoms with Gasteiger partial charge in [-0.05, 0) is 18.3 Å². The molecule has 0 spiro atoms. The second-order valence-corrected chi connectivity index (χ2v) is 5.74. The van der Waals surface area contributed by atoms with Gasteiger partial charge >= 0.3 is 0 Å². The average Bonchev–Trinajstić information content (AvgIpc) is 2.42. The molecule has 1 aliphatic rings. The number of aromatic nitrogens is 2. The van der Waals surface area contributed by atoms with Crippen molar-refractivity contribution in [3.8, 4) is 0 Å². The molecule has 0 fully saturated rings. The zero-order valence-electron chi connectivity index (χ0n) is 9.80. The summed E-state index contributed by atoms with van der Waals surface area (Å²) in [5, 5.41) is 9.55. The third kappa shape index (κ3) is 2.59. The van der Waals surface area contributed by atoms with Crippen molar-refractivity contribution in [3.63, 3.8) is 0 Å². The molecule has 1 aromatic heterocycles. The van der Waals surface area contributed by atoms with Gasteiger partial charge in [-0.3, -0.25) is 0 Å². The molecule has 2 N–H and O–H groups in total. The van der Waals surface area contributed by atoms with Gasteiger partial charge in [0.15, 0.2) is 0 Å². The van der Waals surface area contributed by atoms with Gasteiger partial charge in [0.1, 0.15) is 5.82 Å². The number of H-pyrrole nitrogens is 1. The molecule has 15 heavy (non-hydrogen) atoms. The van der Waals surface area contributed by atoms with Crippen molar-refractivity contribution in [3.05, 3.63) is 17.2 Å². The Kier molecular flexibility index (Phi) is 2.59. The molecule has 0 radical (unpaired) electrons. The summed E-state index contributed by atoms with van der Waals surface area (Å²) < 4.78 is 0. The number of hydrogen-bond donors (Lipinski definition) is 2. The second kappa shape index (κ2) is 3.63. The lowest BCUT2D eigenvalue weighted by molar-refractivity contribution is 0.157. The molecule has 3 heteroatoms. The molecule has 2 rings (SSSR count). The predicted molar refractivity (Wildman–Crippen MR) is 59.8 cm³/mol. The summed E-state index contributed by atoms with van der Waals surface area (Å²) in [5.74, 6) is 1.07. The van der Waals surface area contributed by atoms with E-state index in [1.165, 1.54) is 5.69 Å². The number of aliphatic hydroxyl groups is 1. The molecule has 0 amide bonds. The van der Waals surface area contributed by atoms with Crippen LogP contribution in [0, 0.1) is 5.41 Å². The summed E-state index contributed by atoms with van der Waals surface area (Å²) in [6.07, 6.45) is 3.30. The van der Waals surface area contributed by atoms with Crippen molar-refractivity contribution in [2.24, 2.45) is 5.41 Å². The van der Waals surface area contributed by atoms with Crippen LogP contribution in [0.4, 0.5) is 0 Å². The summed E-state index contributed by atoms with van der Waals surface area (Å²) in [5.41, 5.74) is 2.58. The van der Waals surface area contributed by atoms with Gasteiger partial charge in [0.25, 0.3) is 0 Å².